The molecule has 31 heavy (non-hydrogen) atoms. The number of carbonyl (C=O) groups is 2. The van der Waals surface area contributed by atoms with Crippen LogP contribution in [0.1, 0.15) is 58.8 Å². The van der Waals surface area contributed by atoms with E-state index in [-0.39, 0.29) is 11.9 Å². The first kappa shape index (κ1) is 20.9. The Morgan fingerprint density at radius 2 is 1.81 bits per heavy atom. The Bertz CT molecular complexity index is 998. The van der Waals surface area contributed by atoms with Crippen LogP contribution in [-0.4, -0.2) is 52.9 Å². The number of piperidine rings is 1. The van der Waals surface area contributed by atoms with Crippen molar-refractivity contribution < 1.29 is 9.59 Å². The number of urea groups is 1. The highest BCUT2D eigenvalue weighted by Crippen LogP contribution is 2.29. The summed E-state index contributed by atoms with van der Waals surface area (Å²) in [6.45, 7) is 4.85. The molecule has 0 aliphatic carbocycles. The number of rotatable bonds is 3. The van der Waals surface area contributed by atoms with Gasteiger partial charge in [0.15, 0.2) is 0 Å². The quantitative estimate of drug-likeness (QED) is 0.820. The number of carbonyl (C=O) groups excluding carboxylic acids is 2. The van der Waals surface area contributed by atoms with Crippen LogP contribution in [0, 0.1) is 18.3 Å². The van der Waals surface area contributed by atoms with Crippen molar-refractivity contribution in [3.8, 4) is 6.07 Å². The van der Waals surface area contributed by atoms with E-state index >= 15 is 0 Å². The number of nitrogens with zero attached hydrogens (tertiary/aromatic N) is 4. The number of likely N-dealkylation sites (tertiary alicyclic amines) is 2. The van der Waals surface area contributed by atoms with E-state index in [4.69, 9.17) is 5.26 Å². The predicted octanol–water partition coefficient (Wildman–Crippen LogP) is 3.91. The number of nitriles is 1. The van der Waals surface area contributed by atoms with Gasteiger partial charge in [0.1, 0.15) is 11.8 Å². The first-order valence-electron chi connectivity index (χ1n) is 10.9. The zero-order valence-corrected chi connectivity index (χ0v) is 17.8. The summed E-state index contributed by atoms with van der Waals surface area (Å²) in [5.74, 6) is 0.339. The van der Waals surface area contributed by atoms with Gasteiger partial charge in [0.2, 0.25) is 0 Å². The van der Waals surface area contributed by atoms with Crippen LogP contribution in [0.25, 0.3) is 0 Å². The van der Waals surface area contributed by atoms with E-state index in [1.165, 1.54) is 0 Å². The molecule has 160 valence electrons. The Morgan fingerprint density at radius 1 is 1.06 bits per heavy atom. The van der Waals surface area contributed by atoms with Crippen LogP contribution in [-0.2, 0) is 0 Å². The van der Waals surface area contributed by atoms with E-state index in [1.54, 1.807) is 18.3 Å². The monoisotopic (exact) mass is 417 g/mol. The van der Waals surface area contributed by atoms with Crippen molar-refractivity contribution in [2.75, 3.05) is 31.5 Å². The lowest BCUT2D eigenvalue weighted by atomic mass is 9.90. The van der Waals surface area contributed by atoms with Gasteiger partial charge in [-0.3, -0.25) is 4.79 Å². The standard InChI is InChI=1S/C24H27N5O2/c1-17-4-5-19(14-22(17)27-24(31)29-10-2-3-11-29)23(30)28-12-8-18(9-13-28)20-6-7-21(15-25)26-16-20/h4-7,14,16,18H,2-3,8-13H2,1H3,(H,27,31). The molecule has 0 atom stereocenters. The number of nitrogens with one attached hydrogen (secondary N) is 1. The van der Waals surface area contributed by atoms with Gasteiger partial charge in [-0.05, 0) is 67.9 Å². The van der Waals surface area contributed by atoms with Crippen LogP contribution in [0.3, 0.4) is 0 Å². The van der Waals surface area contributed by atoms with E-state index in [0.717, 1.165) is 49.9 Å². The third kappa shape index (κ3) is 4.69. The number of aryl methyl sites for hydroxylation is 1. The van der Waals surface area contributed by atoms with Crippen LogP contribution in [0.5, 0.6) is 0 Å². The van der Waals surface area contributed by atoms with Gasteiger partial charge in [-0.1, -0.05) is 12.1 Å². The maximum atomic E-state index is 13.1. The third-order valence-corrected chi connectivity index (χ3v) is 6.27. The number of hydrogen-bond donors (Lipinski definition) is 1. The Hall–Kier alpha value is -3.40. The first-order chi connectivity index (χ1) is 15.0. The smallest absolute Gasteiger partial charge is 0.321 e. The van der Waals surface area contributed by atoms with E-state index in [9.17, 15) is 9.59 Å². The van der Waals surface area contributed by atoms with Crippen molar-refractivity contribution in [1.82, 2.24) is 14.8 Å². The second kappa shape index (κ2) is 9.17. The van der Waals surface area contributed by atoms with Crippen molar-refractivity contribution in [3.63, 3.8) is 0 Å². The Labute approximate surface area is 182 Å². The first-order valence-corrected chi connectivity index (χ1v) is 10.9. The molecular weight excluding hydrogens is 390 g/mol. The molecule has 3 amide bonds. The summed E-state index contributed by atoms with van der Waals surface area (Å²) in [4.78, 5) is 33.4. The van der Waals surface area contributed by atoms with E-state index < -0.39 is 0 Å². The summed E-state index contributed by atoms with van der Waals surface area (Å²) in [7, 11) is 0. The van der Waals surface area contributed by atoms with Crippen LogP contribution in [0.4, 0.5) is 10.5 Å². The zero-order valence-electron chi connectivity index (χ0n) is 17.8. The maximum absolute atomic E-state index is 13.1. The molecule has 3 heterocycles. The van der Waals surface area contributed by atoms with Crippen LogP contribution in [0.2, 0.25) is 0 Å². The highest BCUT2D eigenvalue weighted by Gasteiger charge is 2.25. The molecule has 2 aromatic rings. The number of hydrogen-bond acceptors (Lipinski definition) is 4. The molecule has 1 aromatic carbocycles. The molecule has 0 spiro atoms. The number of benzene rings is 1. The van der Waals surface area contributed by atoms with Crippen molar-refractivity contribution in [2.45, 2.75) is 38.5 Å². The fourth-order valence-corrected chi connectivity index (χ4v) is 4.32. The van der Waals surface area contributed by atoms with Gasteiger partial charge in [-0.2, -0.15) is 5.26 Å². The second-order valence-electron chi connectivity index (χ2n) is 8.31. The molecule has 2 saturated heterocycles. The van der Waals surface area contributed by atoms with E-state index in [0.29, 0.717) is 36.0 Å². The minimum atomic E-state index is -0.0953. The zero-order chi connectivity index (χ0) is 21.8. The lowest BCUT2D eigenvalue weighted by Crippen LogP contribution is -2.38. The van der Waals surface area contributed by atoms with Gasteiger partial charge in [-0.25, -0.2) is 9.78 Å². The molecule has 1 N–H and O–H groups in total. The Morgan fingerprint density at radius 3 is 2.45 bits per heavy atom. The van der Waals surface area contributed by atoms with Crippen molar-refractivity contribution in [3.05, 3.63) is 58.9 Å². The topological polar surface area (TPSA) is 89.3 Å². The van der Waals surface area contributed by atoms with E-state index in [1.807, 2.05) is 41.0 Å². The van der Waals surface area contributed by atoms with Crippen LogP contribution < -0.4 is 5.32 Å². The summed E-state index contributed by atoms with van der Waals surface area (Å²) in [5.41, 5.74) is 3.77. The van der Waals surface area contributed by atoms with Gasteiger partial charge >= 0.3 is 6.03 Å². The molecule has 7 nitrogen and oxygen atoms in total. The van der Waals surface area contributed by atoms with Gasteiger partial charge < -0.3 is 15.1 Å². The number of amides is 3. The lowest BCUT2D eigenvalue weighted by molar-refractivity contribution is 0.0713. The largest absolute Gasteiger partial charge is 0.339 e. The summed E-state index contributed by atoms with van der Waals surface area (Å²) < 4.78 is 0. The molecule has 0 saturated carbocycles. The van der Waals surface area contributed by atoms with Crippen molar-refractivity contribution >= 4 is 17.6 Å². The molecule has 0 radical (unpaired) electrons. The number of anilines is 1. The van der Waals surface area contributed by atoms with Crippen molar-refractivity contribution in [2.24, 2.45) is 0 Å². The highest BCUT2D eigenvalue weighted by molar-refractivity contribution is 5.97. The van der Waals surface area contributed by atoms with Crippen molar-refractivity contribution in [1.29, 1.82) is 5.26 Å². The Kier molecular flexibility index (Phi) is 6.17. The third-order valence-electron chi connectivity index (χ3n) is 6.27. The summed E-state index contributed by atoms with van der Waals surface area (Å²) >= 11 is 0. The van der Waals surface area contributed by atoms with Crippen LogP contribution in [0.15, 0.2) is 36.5 Å². The molecule has 2 aliphatic rings. The summed E-state index contributed by atoms with van der Waals surface area (Å²) in [6, 6.07) is 11.2. The number of aromatic nitrogens is 1. The van der Waals surface area contributed by atoms with Gasteiger partial charge in [0.25, 0.3) is 5.91 Å². The predicted molar refractivity (Wildman–Crippen MR) is 118 cm³/mol. The fourth-order valence-electron chi connectivity index (χ4n) is 4.32. The SMILES string of the molecule is Cc1ccc(C(=O)N2CCC(c3ccc(C#N)nc3)CC2)cc1NC(=O)N1CCCC1. The van der Waals surface area contributed by atoms with Crippen LogP contribution >= 0.6 is 0 Å². The summed E-state index contributed by atoms with van der Waals surface area (Å²) in [5, 5.41) is 11.9. The fraction of sp³-hybridized carbons (Fsp3) is 0.417. The average Bonchev–Trinajstić information content (AvgIpc) is 3.35. The molecule has 0 unspecified atom stereocenters. The van der Waals surface area contributed by atoms with Gasteiger partial charge in [-0.15, -0.1) is 0 Å². The number of pyridine rings is 1. The minimum Gasteiger partial charge on any atom is -0.339 e. The molecular formula is C24H27N5O2. The lowest BCUT2D eigenvalue weighted by Gasteiger charge is -2.32. The molecule has 2 fully saturated rings. The molecule has 0 bridgehead atoms. The molecule has 1 aromatic heterocycles. The van der Waals surface area contributed by atoms with Gasteiger partial charge in [0, 0.05) is 43.6 Å². The van der Waals surface area contributed by atoms with Gasteiger partial charge in [0.05, 0.1) is 0 Å². The summed E-state index contributed by atoms with van der Waals surface area (Å²) in [6.07, 6.45) is 5.59. The molecule has 4 rings (SSSR count). The Balaban J connectivity index is 1.39. The minimum absolute atomic E-state index is 0.00641. The average molecular weight is 418 g/mol. The maximum Gasteiger partial charge on any atom is 0.321 e. The normalized spacial score (nSPS) is 16.8. The molecule has 2 aliphatic heterocycles. The highest BCUT2D eigenvalue weighted by atomic mass is 16.2. The molecule has 7 heteroatoms. The second-order valence-corrected chi connectivity index (χ2v) is 8.31. The van der Waals surface area contributed by atoms with E-state index in [2.05, 4.69) is 10.3 Å².